The Balaban J connectivity index is 2.23. The molecule has 19 heavy (non-hydrogen) atoms. The van der Waals surface area contributed by atoms with Crippen molar-refractivity contribution in [2.45, 2.75) is 32.7 Å². The highest BCUT2D eigenvalue weighted by Gasteiger charge is 2.15. The topological polar surface area (TPSA) is 12.0 Å². The Hall–Kier alpha value is -0.640. The van der Waals surface area contributed by atoms with Gasteiger partial charge in [0, 0.05) is 17.3 Å². The number of halogens is 1. The first kappa shape index (κ1) is 14.8. The summed E-state index contributed by atoms with van der Waals surface area (Å²) in [6.07, 6.45) is 2.15. The van der Waals surface area contributed by atoms with E-state index in [0.29, 0.717) is 6.04 Å². The zero-order valence-corrected chi connectivity index (χ0v) is 13.9. The number of rotatable bonds is 6. The van der Waals surface area contributed by atoms with Crippen molar-refractivity contribution in [2.75, 3.05) is 6.54 Å². The lowest BCUT2D eigenvalue weighted by atomic mass is 9.96. The molecule has 1 aromatic carbocycles. The number of likely N-dealkylation sites (N-methyl/N-ethyl adjacent to an activating group) is 1. The van der Waals surface area contributed by atoms with Crippen LogP contribution in [0.25, 0.3) is 0 Å². The quantitative estimate of drug-likeness (QED) is 0.784. The van der Waals surface area contributed by atoms with Crippen molar-refractivity contribution in [1.82, 2.24) is 5.32 Å². The average molecular weight is 338 g/mol. The van der Waals surface area contributed by atoms with Crippen LogP contribution in [0.4, 0.5) is 0 Å². The second-order valence-electron chi connectivity index (χ2n) is 4.57. The highest BCUT2D eigenvalue weighted by molar-refractivity contribution is 9.11. The molecule has 1 N–H and O–H groups in total. The molecule has 0 saturated carbocycles. The minimum atomic E-state index is 0.409. The molecular formula is C16H20BrNS. The van der Waals surface area contributed by atoms with Crippen LogP contribution >= 0.6 is 27.3 Å². The van der Waals surface area contributed by atoms with E-state index in [4.69, 9.17) is 0 Å². The van der Waals surface area contributed by atoms with E-state index < -0.39 is 0 Å². The number of nitrogens with one attached hydrogen (secondary N) is 1. The molecule has 0 bridgehead atoms. The van der Waals surface area contributed by atoms with Gasteiger partial charge in [-0.3, -0.25) is 0 Å². The molecule has 0 amide bonds. The zero-order valence-electron chi connectivity index (χ0n) is 11.4. The molecule has 1 nitrogen and oxygen atoms in total. The Morgan fingerprint density at radius 3 is 2.58 bits per heavy atom. The minimum Gasteiger partial charge on any atom is -0.310 e. The fraction of sp³-hybridized carbons (Fsp3) is 0.375. The van der Waals surface area contributed by atoms with Gasteiger partial charge in [0.1, 0.15) is 0 Å². The Labute approximate surface area is 128 Å². The number of hydrogen-bond acceptors (Lipinski definition) is 2. The molecule has 2 aromatic rings. The Kier molecular flexibility index (Phi) is 5.61. The molecule has 0 spiro atoms. The summed E-state index contributed by atoms with van der Waals surface area (Å²) in [6, 6.07) is 13.5. The van der Waals surface area contributed by atoms with Gasteiger partial charge in [0.05, 0.1) is 3.79 Å². The summed E-state index contributed by atoms with van der Waals surface area (Å²) in [4.78, 5) is 1.42. The Morgan fingerprint density at radius 1 is 1.16 bits per heavy atom. The second-order valence-corrected chi connectivity index (χ2v) is 7.12. The number of benzene rings is 1. The molecule has 0 fully saturated rings. The zero-order chi connectivity index (χ0) is 13.7. The maximum atomic E-state index is 3.62. The van der Waals surface area contributed by atoms with Crippen LogP contribution in [0.1, 0.15) is 35.9 Å². The predicted molar refractivity (Wildman–Crippen MR) is 88.0 cm³/mol. The molecule has 3 heteroatoms. The van der Waals surface area contributed by atoms with E-state index in [1.807, 2.05) is 11.3 Å². The van der Waals surface area contributed by atoms with Gasteiger partial charge in [-0.15, -0.1) is 11.3 Å². The van der Waals surface area contributed by atoms with Crippen LogP contribution in [-0.4, -0.2) is 6.54 Å². The van der Waals surface area contributed by atoms with Gasteiger partial charge >= 0.3 is 0 Å². The van der Waals surface area contributed by atoms with Gasteiger partial charge in [-0.05, 0) is 52.2 Å². The molecule has 2 rings (SSSR count). The van der Waals surface area contributed by atoms with E-state index in [9.17, 15) is 0 Å². The molecule has 102 valence electrons. The monoisotopic (exact) mass is 337 g/mol. The maximum absolute atomic E-state index is 3.62. The molecule has 1 heterocycles. The molecule has 0 saturated heterocycles. The first-order valence-electron chi connectivity index (χ1n) is 6.80. The molecule has 0 aliphatic carbocycles. The summed E-state index contributed by atoms with van der Waals surface area (Å²) < 4.78 is 1.21. The largest absolute Gasteiger partial charge is 0.310 e. The van der Waals surface area contributed by atoms with Crippen LogP contribution in [0, 0.1) is 0 Å². The highest BCUT2D eigenvalue weighted by atomic mass is 79.9. The van der Waals surface area contributed by atoms with Crippen LogP contribution in [0.5, 0.6) is 0 Å². The third-order valence-corrected chi connectivity index (χ3v) is 4.94. The van der Waals surface area contributed by atoms with E-state index in [1.165, 1.54) is 19.8 Å². The predicted octanol–water partition coefficient (Wildman–Crippen LogP) is 4.97. The summed E-state index contributed by atoms with van der Waals surface area (Å²) in [5, 5.41) is 3.62. The lowest BCUT2D eigenvalue weighted by Crippen LogP contribution is -2.23. The van der Waals surface area contributed by atoms with E-state index in [1.54, 1.807) is 0 Å². The smallest absolute Gasteiger partial charge is 0.0701 e. The fourth-order valence-electron chi connectivity index (χ4n) is 2.40. The van der Waals surface area contributed by atoms with Crippen molar-refractivity contribution in [3.05, 3.63) is 56.2 Å². The molecule has 0 aliphatic rings. The van der Waals surface area contributed by atoms with Crippen molar-refractivity contribution >= 4 is 27.3 Å². The van der Waals surface area contributed by atoms with Gasteiger partial charge in [0.25, 0.3) is 0 Å². The SMILES string of the molecule is CCNC(Cc1ccc(Br)s1)c1ccccc1CC. The minimum absolute atomic E-state index is 0.409. The average Bonchev–Trinajstić information content (AvgIpc) is 2.84. The molecule has 1 unspecified atom stereocenters. The van der Waals surface area contributed by atoms with Gasteiger partial charge in [0.15, 0.2) is 0 Å². The molecule has 1 atom stereocenters. The first-order valence-corrected chi connectivity index (χ1v) is 8.41. The van der Waals surface area contributed by atoms with Crippen LogP contribution in [0.15, 0.2) is 40.2 Å². The van der Waals surface area contributed by atoms with Gasteiger partial charge in [-0.25, -0.2) is 0 Å². The molecular weight excluding hydrogens is 318 g/mol. The summed E-state index contributed by atoms with van der Waals surface area (Å²) >= 11 is 5.37. The van der Waals surface area contributed by atoms with Crippen molar-refractivity contribution in [3.63, 3.8) is 0 Å². The van der Waals surface area contributed by atoms with Crippen LogP contribution in [-0.2, 0) is 12.8 Å². The van der Waals surface area contributed by atoms with Crippen molar-refractivity contribution in [1.29, 1.82) is 0 Å². The number of thiophene rings is 1. The normalized spacial score (nSPS) is 12.6. The molecule has 0 radical (unpaired) electrons. The lowest BCUT2D eigenvalue weighted by molar-refractivity contribution is 0.549. The number of hydrogen-bond donors (Lipinski definition) is 1. The summed E-state index contributed by atoms with van der Waals surface area (Å²) in [5.41, 5.74) is 2.89. The van der Waals surface area contributed by atoms with Crippen LogP contribution in [0.2, 0.25) is 0 Å². The van der Waals surface area contributed by atoms with Gasteiger partial charge < -0.3 is 5.32 Å². The summed E-state index contributed by atoms with van der Waals surface area (Å²) in [6.45, 7) is 5.39. The third-order valence-electron chi connectivity index (χ3n) is 3.30. The summed E-state index contributed by atoms with van der Waals surface area (Å²) in [5.74, 6) is 0. The number of aryl methyl sites for hydroxylation is 1. The van der Waals surface area contributed by atoms with Crippen LogP contribution < -0.4 is 5.32 Å². The van der Waals surface area contributed by atoms with Gasteiger partial charge in [-0.2, -0.15) is 0 Å². The highest BCUT2D eigenvalue weighted by Crippen LogP contribution is 2.28. The Bertz CT molecular complexity index is 521. The van der Waals surface area contributed by atoms with E-state index in [-0.39, 0.29) is 0 Å². The lowest BCUT2D eigenvalue weighted by Gasteiger charge is -2.20. The van der Waals surface area contributed by atoms with E-state index >= 15 is 0 Å². The van der Waals surface area contributed by atoms with Gasteiger partial charge in [-0.1, -0.05) is 38.1 Å². The van der Waals surface area contributed by atoms with Crippen molar-refractivity contribution < 1.29 is 0 Å². The summed E-state index contributed by atoms with van der Waals surface area (Å²) in [7, 11) is 0. The van der Waals surface area contributed by atoms with Gasteiger partial charge in [0.2, 0.25) is 0 Å². The maximum Gasteiger partial charge on any atom is 0.0701 e. The van der Waals surface area contributed by atoms with E-state index in [0.717, 1.165) is 19.4 Å². The van der Waals surface area contributed by atoms with E-state index in [2.05, 4.69) is 71.5 Å². The van der Waals surface area contributed by atoms with Crippen LogP contribution in [0.3, 0.4) is 0 Å². The van der Waals surface area contributed by atoms with Crippen molar-refractivity contribution in [2.24, 2.45) is 0 Å². The Morgan fingerprint density at radius 2 is 1.95 bits per heavy atom. The first-order chi connectivity index (χ1) is 9.24. The standard InChI is InChI=1S/C16H20BrNS/c1-3-12-7-5-6-8-14(12)15(18-4-2)11-13-9-10-16(17)19-13/h5-10,15,18H,3-4,11H2,1-2H3. The second kappa shape index (κ2) is 7.22. The molecule has 1 aromatic heterocycles. The third kappa shape index (κ3) is 3.91. The fourth-order valence-corrected chi connectivity index (χ4v) is 3.93. The molecule has 0 aliphatic heterocycles. The van der Waals surface area contributed by atoms with Crippen molar-refractivity contribution in [3.8, 4) is 0 Å².